The smallest absolute Gasteiger partial charge is 0.323 e. The summed E-state index contributed by atoms with van der Waals surface area (Å²) >= 11 is -1.41. The van der Waals surface area contributed by atoms with Gasteiger partial charge in [0.05, 0.1) is 18.7 Å². The van der Waals surface area contributed by atoms with E-state index in [1.807, 2.05) is 80.5 Å². The van der Waals surface area contributed by atoms with Gasteiger partial charge in [-0.3, -0.25) is 9.69 Å². The molecule has 0 fully saturated rings. The molecule has 2 unspecified atom stereocenters. The number of methoxy groups -OCH3 is 1. The number of carbonyl (C=O) groups is 1. The van der Waals surface area contributed by atoms with Gasteiger partial charge in [-0.1, -0.05) is 29.8 Å². The molecule has 8 heteroatoms. The summed E-state index contributed by atoms with van der Waals surface area (Å²) in [6.45, 7) is 2.00. The zero-order valence-electron chi connectivity index (χ0n) is 19.6. The number of fused-ring (bicyclic) bond motifs is 1. The van der Waals surface area contributed by atoms with E-state index in [4.69, 9.17) is 9.47 Å². The highest BCUT2D eigenvalue weighted by Crippen LogP contribution is 2.31. The van der Waals surface area contributed by atoms with Gasteiger partial charge in [-0.25, -0.2) is 4.98 Å². The Kier molecular flexibility index (Phi) is 7.21. The number of aromatic nitrogens is 2. The number of benzene rings is 2. The molecule has 2 atom stereocenters. The molecule has 0 saturated heterocycles. The Labute approximate surface area is 202 Å². The second-order valence-electron chi connectivity index (χ2n) is 8.20. The number of nitrogens with zero attached hydrogens (tertiary/aromatic N) is 3. The standard InChI is InChI=1S/C26H27N3O4S/c1-18-5-11-21(12-6-18)34(31)29-16-14-22-24(13-15-27-25(22)29)33-20-9-7-19(8-10-20)17-23(28(2)3)26(30)32-4/h5-16,23H,17H2,1-4H3. The monoisotopic (exact) mass is 477 g/mol. The van der Waals surface area contributed by atoms with Gasteiger partial charge >= 0.3 is 5.97 Å². The van der Waals surface area contributed by atoms with Gasteiger partial charge < -0.3 is 14.0 Å². The summed E-state index contributed by atoms with van der Waals surface area (Å²) in [6.07, 6.45) is 3.94. The topological polar surface area (TPSA) is 79.6 Å². The first-order valence-electron chi connectivity index (χ1n) is 10.8. The quantitative estimate of drug-likeness (QED) is 0.277. The van der Waals surface area contributed by atoms with Crippen molar-refractivity contribution in [3.63, 3.8) is 0 Å². The maximum Gasteiger partial charge on any atom is 0.323 e. The van der Waals surface area contributed by atoms with Gasteiger partial charge in [0.1, 0.15) is 28.9 Å². The van der Waals surface area contributed by atoms with Crippen molar-refractivity contribution in [2.24, 2.45) is 0 Å². The van der Waals surface area contributed by atoms with Crippen LogP contribution in [0, 0.1) is 6.92 Å². The first-order valence-corrected chi connectivity index (χ1v) is 11.9. The minimum atomic E-state index is -1.41. The Hall–Kier alpha value is -3.33. The van der Waals surface area contributed by atoms with Crippen LogP contribution < -0.4 is 4.74 Å². The number of rotatable bonds is 8. The SMILES string of the molecule is COC(=O)C(Cc1ccc(Oc2ccnc3c2ccn3[S+]([O-])c2ccc(C)cc2)cc1)N(C)C. The second kappa shape index (κ2) is 10.3. The minimum Gasteiger partial charge on any atom is -0.587 e. The summed E-state index contributed by atoms with van der Waals surface area (Å²) in [4.78, 5) is 19.0. The molecule has 0 bridgehead atoms. The molecule has 2 aromatic heterocycles. The molecule has 0 aliphatic heterocycles. The van der Waals surface area contributed by atoms with Gasteiger partial charge in [-0.05, 0) is 69.4 Å². The molecule has 0 radical (unpaired) electrons. The van der Waals surface area contributed by atoms with Crippen LogP contribution in [0.25, 0.3) is 11.0 Å². The molecule has 2 heterocycles. The lowest BCUT2D eigenvalue weighted by Gasteiger charge is -2.21. The molecule has 0 spiro atoms. The summed E-state index contributed by atoms with van der Waals surface area (Å²) in [6, 6.07) is 18.5. The maximum atomic E-state index is 13.1. The van der Waals surface area contributed by atoms with E-state index < -0.39 is 11.4 Å². The van der Waals surface area contributed by atoms with Crippen LogP contribution in [-0.2, 0) is 27.3 Å². The average molecular weight is 478 g/mol. The molecule has 2 aromatic carbocycles. The Morgan fingerprint density at radius 2 is 1.79 bits per heavy atom. The summed E-state index contributed by atoms with van der Waals surface area (Å²) < 4.78 is 25.8. The number of aryl methyl sites for hydroxylation is 1. The van der Waals surface area contributed by atoms with E-state index in [1.54, 1.807) is 22.4 Å². The molecule has 176 valence electrons. The number of esters is 1. The van der Waals surface area contributed by atoms with Crippen molar-refractivity contribution in [1.29, 1.82) is 0 Å². The van der Waals surface area contributed by atoms with Crippen LogP contribution in [0.2, 0.25) is 0 Å². The van der Waals surface area contributed by atoms with Gasteiger partial charge in [-0.15, -0.1) is 3.97 Å². The lowest BCUT2D eigenvalue weighted by molar-refractivity contribution is -0.145. The Balaban J connectivity index is 1.54. The molecule has 4 aromatic rings. The van der Waals surface area contributed by atoms with Crippen LogP contribution in [0.3, 0.4) is 0 Å². The van der Waals surface area contributed by atoms with E-state index in [9.17, 15) is 9.35 Å². The number of ether oxygens (including phenoxy) is 2. The lowest BCUT2D eigenvalue weighted by Crippen LogP contribution is -2.38. The van der Waals surface area contributed by atoms with Crippen LogP contribution in [0.4, 0.5) is 0 Å². The Bertz CT molecular complexity index is 1270. The zero-order valence-corrected chi connectivity index (χ0v) is 20.4. The average Bonchev–Trinajstić information content (AvgIpc) is 3.28. The first kappa shape index (κ1) is 23.8. The van der Waals surface area contributed by atoms with Gasteiger partial charge in [-0.2, -0.15) is 0 Å². The third-order valence-corrected chi connectivity index (χ3v) is 6.92. The van der Waals surface area contributed by atoms with E-state index in [0.717, 1.165) is 16.5 Å². The van der Waals surface area contributed by atoms with Crippen LogP contribution in [-0.4, -0.2) is 51.6 Å². The molecular formula is C26H27N3O4S. The third-order valence-electron chi connectivity index (χ3n) is 5.59. The van der Waals surface area contributed by atoms with Crippen molar-refractivity contribution in [2.45, 2.75) is 24.3 Å². The minimum absolute atomic E-state index is 0.267. The summed E-state index contributed by atoms with van der Waals surface area (Å²) in [5.41, 5.74) is 2.69. The van der Waals surface area contributed by atoms with E-state index >= 15 is 0 Å². The van der Waals surface area contributed by atoms with Crippen LogP contribution >= 0.6 is 0 Å². The fraction of sp³-hybridized carbons (Fsp3) is 0.231. The predicted molar refractivity (Wildman–Crippen MR) is 132 cm³/mol. The van der Waals surface area contributed by atoms with Crippen molar-refractivity contribution in [3.05, 3.63) is 84.2 Å². The number of hydrogen-bond acceptors (Lipinski definition) is 6. The van der Waals surface area contributed by atoms with Crippen LogP contribution in [0.1, 0.15) is 11.1 Å². The number of likely N-dealkylation sites (N-methyl/N-ethyl adjacent to an activating group) is 1. The number of carbonyl (C=O) groups excluding carboxylic acids is 1. The molecule has 0 amide bonds. The van der Waals surface area contributed by atoms with Crippen LogP contribution in [0.5, 0.6) is 11.5 Å². The van der Waals surface area contributed by atoms with E-state index in [0.29, 0.717) is 28.5 Å². The van der Waals surface area contributed by atoms with Gasteiger partial charge in [0.2, 0.25) is 0 Å². The maximum absolute atomic E-state index is 13.1. The summed E-state index contributed by atoms with van der Waals surface area (Å²) in [5, 5.41) is 0.769. The fourth-order valence-electron chi connectivity index (χ4n) is 3.64. The van der Waals surface area contributed by atoms with Crippen molar-refractivity contribution < 1.29 is 18.8 Å². The van der Waals surface area contributed by atoms with Crippen molar-refractivity contribution in [1.82, 2.24) is 13.9 Å². The molecule has 0 N–H and O–H groups in total. The molecule has 34 heavy (non-hydrogen) atoms. The van der Waals surface area contributed by atoms with Crippen molar-refractivity contribution >= 4 is 28.4 Å². The van der Waals surface area contributed by atoms with E-state index in [1.165, 1.54) is 7.11 Å². The predicted octanol–water partition coefficient (Wildman–Crippen LogP) is 4.35. The third kappa shape index (κ3) is 5.09. The molecular weight excluding hydrogens is 450 g/mol. The van der Waals surface area contributed by atoms with E-state index in [-0.39, 0.29) is 12.0 Å². The molecule has 0 aliphatic rings. The lowest BCUT2D eigenvalue weighted by atomic mass is 10.1. The molecule has 0 saturated carbocycles. The van der Waals surface area contributed by atoms with Crippen molar-refractivity contribution in [3.8, 4) is 11.5 Å². The summed E-state index contributed by atoms with van der Waals surface area (Å²) in [7, 11) is 5.10. The number of pyridine rings is 1. The Morgan fingerprint density at radius 3 is 2.44 bits per heavy atom. The van der Waals surface area contributed by atoms with Gasteiger partial charge in [0.25, 0.3) is 0 Å². The van der Waals surface area contributed by atoms with E-state index in [2.05, 4.69) is 4.98 Å². The highest BCUT2D eigenvalue weighted by molar-refractivity contribution is 7.90. The highest BCUT2D eigenvalue weighted by atomic mass is 32.2. The zero-order chi connectivity index (χ0) is 24.2. The molecule has 0 aliphatic carbocycles. The van der Waals surface area contributed by atoms with Crippen LogP contribution in [0.15, 0.2) is 78.0 Å². The Morgan fingerprint density at radius 1 is 1.09 bits per heavy atom. The normalized spacial score (nSPS) is 13.1. The van der Waals surface area contributed by atoms with Gasteiger partial charge in [0, 0.05) is 6.20 Å². The fourth-order valence-corrected chi connectivity index (χ4v) is 4.71. The second-order valence-corrected chi connectivity index (χ2v) is 9.57. The van der Waals surface area contributed by atoms with Crippen molar-refractivity contribution in [2.75, 3.05) is 21.2 Å². The largest absolute Gasteiger partial charge is 0.587 e. The molecule has 4 rings (SSSR count). The van der Waals surface area contributed by atoms with Gasteiger partial charge in [0.15, 0.2) is 10.5 Å². The molecule has 7 nitrogen and oxygen atoms in total. The summed E-state index contributed by atoms with van der Waals surface area (Å²) in [5.74, 6) is 1.01. The highest BCUT2D eigenvalue weighted by Gasteiger charge is 2.22. The number of hydrogen-bond donors (Lipinski definition) is 0. The first-order chi connectivity index (χ1) is 16.4.